The molecule has 11 atom stereocenters. The predicted octanol–water partition coefficient (Wildman–Crippen LogP) is -3.67. The lowest BCUT2D eigenvalue weighted by Gasteiger charge is -2.42. The van der Waals surface area contributed by atoms with Crippen LogP contribution < -0.4 is 10.6 Å². The Morgan fingerprint density at radius 1 is 1.14 bits per heavy atom. The van der Waals surface area contributed by atoms with Gasteiger partial charge in [0.05, 0.1) is 13.2 Å². The number of hydrogen-bond acceptors (Lipinski definition) is 16. The molecule has 2 saturated heterocycles. The van der Waals surface area contributed by atoms with Crippen molar-refractivity contribution in [2.24, 2.45) is 5.11 Å². The summed E-state index contributed by atoms with van der Waals surface area (Å²) < 4.78 is 49.0. The first kappa shape index (κ1) is 34.0. The summed E-state index contributed by atoms with van der Waals surface area (Å²) in [6.07, 6.45) is -11.6. The van der Waals surface area contributed by atoms with E-state index in [-0.39, 0.29) is 5.82 Å². The van der Waals surface area contributed by atoms with Crippen molar-refractivity contribution in [1.29, 1.82) is 0 Å². The molecule has 0 aromatic heterocycles. The fourth-order valence-corrected chi connectivity index (χ4v) is 6.11. The number of rotatable bonds is 12. The SMILES string of the molecule is C=C1NC(=O)C=CN1C1OC(COP(=O)(O)OP(=O)(O)OC2OC(CO)C(O)C(O)C2NC(=O)CN=[N+]=[N-])C(O)C1O. The summed E-state index contributed by atoms with van der Waals surface area (Å²) in [5, 5.41) is 57.7. The number of carbonyl (C=O) groups is 2. The highest BCUT2D eigenvalue weighted by Crippen LogP contribution is 2.61. The van der Waals surface area contributed by atoms with Crippen LogP contribution in [0.1, 0.15) is 0 Å². The van der Waals surface area contributed by atoms with Gasteiger partial charge in [-0.3, -0.25) is 18.6 Å². The molecule has 3 aliphatic rings. The van der Waals surface area contributed by atoms with E-state index in [0.29, 0.717) is 0 Å². The van der Waals surface area contributed by atoms with Gasteiger partial charge in [0.2, 0.25) is 5.91 Å². The Labute approximate surface area is 235 Å². The van der Waals surface area contributed by atoms with Crippen LogP contribution >= 0.6 is 15.6 Å². The maximum absolute atomic E-state index is 12.6. The smallest absolute Gasteiger partial charge is 0.394 e. The second-order valence-corrected chi connectivity index (χ2v) is 11.8. The number of aliphatic hydroxyl groups is 5. The van der Waals surface area contributed by atoms with Crippen molar-refractivity contribution < 1.29 is 76.9 Å². The molecule has 24 heteroatoms. The summed E-state index contributed by atoms with van der Waals surface area (Å²) in [4.78, 5) is 47.0. The van der Waals surface area contributed by atoms with Gasteiger partial charge in [0, 0.05) is 17.2 Å². The highest BCUT2D eigenvalue weighted by molar-refractivity contribution is 7.61. The van der Waals surface area contributed by atoms with Gasteiger partial charge in [-0.05, 0) is 5.53 Å². The van der Waals surface area contributed by atoms with Gasteiger partial charge in [-0.2, -0.15) is 4.31 Å². The van der Waals surface area contributed by atoms with Gasteiger partial charge in [-0.1, -0.05) is 11.7 Å². The molecule has 0 spiro atoms. The normalized spacial score (nSPS) is 36.0. The quantitative estimate of drug-likeness (QED) is 0.0427. The first-order valence-corrected chi connectivity index (χ1v) is 14.7. The molecule has 2 amide bonds. The Hall–Kier alpha value is -2.49. The number of hydrogen-bond donors (Lipinski definition) is 9. The van der Waals surface area contributed by atoms with Crippen molar-refractivity contribution in [3.8, 4) is 0 Å². The number of nitrogens with one attached hydrogen (secondary N) is 2. The fourth-order valence-electron chi connectivity index (χ4n) is 3.95. The lowest BCUT2D eigenvalue weighted by molar-refractivity contribution is -0.247. The third-order valence-electron chi connectivity index (χ3n) is 5.91. The average molecular weight is 646 g/mol. The van der Waals surface area contributed by atoms with Crippen LogP contribution in [0.3, 0.4) is 0 Å². The summed E-state index contributed by atoms with van der Waals surface area (Å²) in [6, 6.07) is -1.85. The van der Waals surface area contributed by atoms with E-state index in [1.54, 1.807) is 0 Å². The van der Waals surface area contributed by atoms with Crippen LogP contribution in [0.4, 0.5) is 0 Å². The molecule has 0 bridgehead atoms. The Bertz CT molecular complexity index is 1220. The number of azide groups is 1. The van der Waals surface area contributed by atoms with E-state index in [1.807, 2.05) is 5.32 Å². The third kappa shape index (κ3) is 8.32. The van der Waals surface area contributed by atoms with Crippen molar-refractivity contribution in [2.45, 2.75) is 55.2 Å². The van der Waals surface area contributed by atoms with Crippen LogP contribution in [0.5, 0.6) is 0 Å². The van der Waals surface area contributed by atoms with E-state index in [0.717, 1.165) is 11.0 Å². The molecule has 2 fully saturated rings. The minimum absolute atomic E-state index is 0.0202. The van der Waals surface area contributed by atoms with Crippen LogP contribution in [0, 0.1) is 0 Å². The molecule has 3 heterocycles. The number of nitrogens with zero attached hydrogens (tertiary/aromatic N) is 4. The Morgan fingerprint density at radius 2 is 1.81 bits per heavy atom. The zero-order valence-electron chi connectivity index (χ0n) is 21.2. The minimum atomic E-state index is -5.70. The lowest BCUT2D eigenvalue weighted by atomic mass is 9.97. The monoisotopic (exact) mass is 646 g/mol. The van der Waals surface area contributed by atoms with Gasteiger partial charge in [0.15, 0.2) is 12.5 Å². The van der Waals surface area contributed by atoms with Crippen LogP contribution in [0.2, 0.25) is 0 Å². The van der Waals surface area contributed by atoms with E-state index in [4.69, 9.17) is 15.0 Å². The third-order valence-corrected chi connectivity index (χ3v) is 8.51. The van der Waals surface area contributed by atoms with Crippen molar-refractivity contribution >= 4 is 27.5 Å². The molecular weight excluding hydrogens is 618 g/mol. The molecule has 11 unspecified atom stereocenters. The van der Waals surface area contributed by atoms with Crippen LogP contribution in [0.25, 0.3) is 10.4 Å². The summed E-state index contributed by atoms with van der Waals surface area (Å²) in [6.45, 7) is 0.825. The van der Waals surface area contributed by atoms with Crippen molar-refractivity contribution in [3.63, 3.8) is 0 Å². The summed E-state index contributed by atoms with van der Waals surface area (Å²) in [7, 11) is -11.2. The van der Waals surface area contributed by atoms with Crippen molar-refractivity contribution in [3.05, 3.63) is 35.1 Å². The summed E-state index contributed by atoms with van der Waals surface area (Å²) in [5.74, 6) is -1.60. The van der Waals surface area contributed by atoms with Gasteiger partial charge < -0.3 is 60.3 Å². The zero-order chi connectivity index (χ0) is 31.4. The molecule has 22 nitrogen and oxygen atoms in total. The van der Waals surface area contributed by atoms with Crippen molar-refractivity contribution in [1.82, 2.24) is 15.5 Å². The van der Waals surface area contributed by atoms with E-state index >= 15 is 0 Å². The first-order chi connectivity index (χ1) is 19.6. The molecule has 236 valence electrons. The number of phosphoric acid groups is 2. The Kier molecular flexibility index (Phi) is 11.2. The topological polar surface area (TPSA) is 332 Å². The number of carbonyl (C=O) groups excluding carboxylic acids is 2. The molecule has 9 N–H and O–H groups in total. The minimum Gasteiger partial charge on any atom is -0.394 e. The van der Waals surface area contributed by atoms with Crippen molar-refractivity contribution in [2.75, 3.05) is 19.8 Å². The molecule has 0 radical (unpaired) electrons. The first-order valence-electron chi connectivity index (χ1n) is 11.7. The van der Waals surface area contributed by atoms with E-state index in [2.05, 4.69) is 35.3 Å². The molecular formula is C18H28N6O16P2. The highest BCUT2D eigenvalue weighted by atomic mass is 31.3. The second-order valence-electron chi connectivity index (χ2n) is 8.81. The van der Waals surface area contributed by atoms with Crippen LogP contribution in [-0.2, 0) is 41.6 Å². The summed E-state index contributed by atoms with van der Waals surface area (Å²) in [5.41, 5.74) is 8.33. The molecule has 0 saturated carbocycles. The maximum atomic E-state index is 12.6. The maximum Gasteiger partial charge on any atom is 0.483 e. The lowest BCUT2D eigenvalue weighted by Crippen LogP contribution is -2.64. The molecule has 3 aliphatic heterocycles. The van der Waals surface area contributed by atoms with E-state index in [9.17, 15) is 54.0 Å². The number of ether oxygens (including phenoxy) is 2. The zero-order valence-corrected chi connectivity index (χ0v) is 23.0. The van der Waals surface area contributed by atoms with Crippen LogP contribution in [-0.4, -0.2) is 127 Å². The number of aliphatic hydroxyl groups excluding tert-OH is 5. The molecule has 0 aliphatic carbocycles. The molecule has 3 rings (SSSR count). The summed E-state index contributed by atoms with van der Waals surface area (Å²) >= 11 is 0. The fraction of sp³-hybridized carbons (Fsp3) is 0.667. The van der Waals surface area contributed by atoms with Gasteiger partial charge in [0.1, 0.15) is 55.0 Å². The highest BCUT2D eigenvalue weighted by Gasteiger charge is 2.51. The standard InChI is InChI=1S/C18H28N6O16P2/c1-7-21-10(26)2-3-24(7)17-16(31)14(29)9(37-17)6-36-41(32,33)40-42(34,35)39-18-12(22-11(27)4-20-23-19)15(30)13(28)8(5-25)38-18/h2-3,8-9,12-18,25,28-31H,1,4-6H2,(H,21,26)(H,22,27)(H,32,33)(H,34,35). The Morgan fingerprint density at radius 3 is 2.43 bits per heavy atom. The number of amides is 2. The van der Waals surface area contributed by atoms with Gasteiger partial charge in [0.25, 0.3) is 5.91 Å². The number of phosphoric ester groups is 2. The van der Waals surface area contributed by atoms with Gasteiger partial charge in [-0.15, -0.1) is 0 Å². The molecule has 42 heavy (non-hydrogen) atoms. The average Bonchev–Trinajstić information content (AvgIpc) is 3.18. The largest absolute Gasteiger partial charge is 0.483 e. The molecule has 0 aromatic rings. The van der Waals surface area contributed by atoms with Gasteiger partial charge >= 0.3 is 15.6 Å². The Balaban J connectivity index is 1.65. The molecule has 0 aromatic carbocycles. The van der Waals surface area contributed by atoms with E-state index < -0.39 is 102 Å². The van der Waals surface area contributed by atoms with E-state index in [1.165, 1.54) is 6.20 Å². The van der Waals surface area contributed by atoms with Crippen LogP contribution in [0.15, 0.2) is 29.8 Å². The second kappa shape index (κ2) is 13.9. The predicted molar refractivity (Wildman–Crippen MR) is 130 cm³/mol. The van der Waals surface area contributed by atoms with Gasteiger partial charge in [-0.25, -0.2) is 9.13 Å².